The summed E-state index contributed by atoms with van der Waals surface area (Å²) < 4.78 is 0. The second-order valence-electron chi connectivity index (χ2n) is 4.88. The summed E-state index contributed by atoms with van der Waals surface area (Å²) in [5.41, 5.74) is 2.86. The van der Waals surface area contributed by atoms with Crippen molar-refractivity contribution < 1.29 is 4.79 Å². The molecule has 1 unspecified atom stereocenters. The number of carbonyl (C=O) groups excluding carboxylic acids is 1. The van der Waals surface area contributed by atoms with Crippen molar-refractivity contribution in [1.29, 1.82) is 0 Å². The minimum Gasteiger partial charge on any atom is -0.351 e. The van der Waals surface area contributed by atoms with Crippen LogP contribution in [0.2, 0.25) is 0 Å². The number of hydrogen-bond acceptors (Lipinski definition) is 1. The predicted molar refractivity (Wildman–Crippen MR) is 70.6 cm³/mol. The number of hydrogen-bond donors (Lipinski definition) is 1. The lowest BCUT2D eigenvalue weighted by Gasteiger charge is -2.11. The van der Waals surface area contributed by atoms with E-state index in [1.54, 1.807) is 0 Å². The van der Waals surface area contributed by atoms with E-state index >= 15 is 0 Å². The first-order valence-corrected chi connectivity index (χ1v) is 6.51. The van der Waals surface area contributed by atoms with E-state index in [1.165, 1.54) is 12.8 Å². The number of alkyl halides is 1. The van der Waals surface area contributed by atoms with Crippen LogP contribution in [0.1, 0.15) is 34.3 Å². The minimum absolute atomic E-state index is 0.0162. The van der Waals surface area contributed by atoms with Gasteiger partial charge in [-0.3, -0.25) is 4.79 Å². The van der Waals surface area contributed by atoms with E-state index in [-0.39, 0.29) is 11.3 Å². The molecule has 1 aromatic carbocycles. The maximum absolute atomic E-state index is 12.0. The molecule has 92 valence electrons. The lowest BCUT2D eigenvalue weighted by molar-refractivity contribution is 0.0952. The molecule has 0 radical (unpaired) electrons. The fourth-order valence-corrected chi connectivity index (χ4v) is 2.22. The normalized spacial score (nSPS) is 16.6. The highest BCUT2D eigenvalue weighted by molar-refractivity contribution is 6.21. The van der Waals surface area contributed by atoms with Gasteiger partial charge in [0.2, 0.25) is 0 Å². The Kier molecular flexibility index (Phi) is 3.72. The first-order chi connectivity index (χ1) is 8.08. The van der Waals surface area contributed by atoms with Crippen LogP contribution in [0.25, 0.3) is 0 Å². The number of nitrogens with one attached hydrogen (secondary N) is 1. The molecule has 1 amide bonds. The van der Waals surface area contributed by atoms with E-state index in [2.05, 4.69) is 5.32 Å². The highest BCUT2D eigenvalue weighted by Crippen LogP contribution is 2.35. The quantitative estimate of drug-likeness (QED) is 0.819. The highest BCUT2D eigenvalue weighted by atomic mass is 35.5. The van der Waals surface area contributed by atoms with E-state index < -0.39 is 0 Å². The molecule has 0 aromatic heterocycles. The Morgan fingerprint density at radius 2 is 2.18 bits per heavy atom. The van der Waals surface area contributed by atoms with Gasteiger partial charge >= 0.3 is 0 Å². The van der Waals surface area contributed by atoms with Gasteiger partial charge in [0.15, 0.2) is 0 Å². The van der Waals surface area contributed by atoms with Gasteiger partial charge in [0.1, 0.15) is 0 Å². The second-order valence-corrected chi connectivity index (χ2v) is 5.44. The van der Waals surface area contributed by atoms with E-state index in [0.717, 1.165) is 16.7 Å². The Labute approximate surface area is 107 Å². The standard InChI is InChI=1S/C14H18ClNO/c1-9-3-4-10(2)12(7-9)14(17)16-8-13(15)11-5-6-11/h3-4,7,11,13H,5-6,8H2,1-2H3,(H,16,17). The summed E-state index contributed by atoms with van der Waals surface area (Å²) in [7, 11) is 0. The summed E-state index contributed by atoms with van der Waals surface area (Å²) in [6.07, 6.45) is 2.40. The van der Waals surface area contributed by atoms with Crippen molar-refractivity contribution in [3.05, 3.63) is 34.9 Å². The van der Waals surface area contributed by atoms with Gasteiger partial charge in [-0.05, 0) is 44.2 Å². The maximum Gasteiger partial charge on any atom is 0.251 e. The van der Waals surface area contributed by atoms with Crippen LogP contribution in [0, 0.1) is 19.8 Å². The number of rotatable bonds is 4. The number of aryl methyl sites for hydroxylation is 2. The summed E-state index contributed by atoms with van der Waals surface area (Å²) >= 11 is 6.17. The van der Waals surface area contributed by atoms with E-state index in [9.17, 15) is 4.79 Å². The average molecular weight is 252 g/mol. The van der Waals surface area contributed by atoms with Gasteiger partial charge in [0.05, 0.1) is 5.38 Å². The molecule has 0 spiro atoms. The number of benzene rings is 1. The van der Waals surface area contributed by atoms with Crippen molar-refractivity contribution in [3.8, 4) is 0 Å². The van der Waals surface area contributed by atoms with Gasteiger partial charge in [-0.15, -0.1) is 11.6 Å². The lowest BCUT2D eigenvalue weighted by Crippen LogP contribution is -2.31. The van der Waals surface area contributed by atoms with Crippen molar-refractivity contribution in [2.45, 2.75) is 32.1 Å². The first kappa shape index (κ1) is 12.4. The van der Waals surface area contributed by atoms with Gasteiger partial charge < -0.3 is 5.32 Å². The number of halogens is 1. The van der Waals surface area contributed by atoms with Gasteiger partial charge in [-0.1, -0.05) is 17.7 Å². The molecule has 1 N–H and O–H groups in total. The van der Waals surface area contributed by atoms with Gasteiger partial charge in [0.25, 0.3) is 5.91 Å². The largest absolute Gasteiger partial charge is 0.351 e. The fraction of sp³-hybridized carbons (Fsp3) is 0.500. The monoisotopic (exact) mass is 251 g/mol. The van der Waals surface area contributed by atoms with Crippen LogP contribution < -0.4 is 5.32 Å². The molecular weight excluding hydrogens is 234 g/mol. The fourth-order valence-electron chi connectivity index (χ4n) is 1.89. The van der Waals surface area contributed by atoms with E-state index in [1.807, 2.05) is 32.0 Å². The summed E-state index contributed by atoms with van der Waals surface area (Å²) in [4.78, 5) is 12.0. The third-order valence-corrected chi connectivity index (χ3v) is 3.74. The molecule has 1 saturated carbocycles. The minimum atomic E-state index is -0.0162. The summed E-state index contributed by atoms with van der Waals surface area (Å²) in [5.74, 6) is 0.591. The Morgan fingerprint density at radius 1 is 1.47 bits per heavy atom. The van der Waals surface area contributed by atoms with Crippen molar-refractivity contribution in [2.75, 3.05) is 6.54 Å². The van der Waals surface area contributed by atoms with Gasteiger partial charge in [0, 0.05) is 12.1 Å². The van der Waals surface area contributed by atoms with Crippen LogP contribution >= 0.6 is 11.6 Å². The van der Waals surface area contributed by atoms with Gasteiger partial charge in [-0.2, -0.15) is 0 Å². The van der Waals surface area contributed by atoms with Crippen LogP contribution in [-0.2, 0) is 0 Å². The SMILES string of the molecule is Cc1ccc(C)c(C(=O)NCC(Cl)C2CC2)c1. The molecule has 2 rings (SSSR count). The molecule has 0 saturated heterocycles. The first-order valence-electron chi connectivity index (χ1n) is 6.07. The average Bonchev–Trinajstić information content (AvgIpc) is 3.12. The van der Waals surface area contributed by atoms with Crippen LogP contribution in [0.5, 0.6) is 0 Å². The lowest BCUT2D eigenvalue weighted by atomic mass is 10.1. The zero-order chi connectivity index (χ0) is 12.4. The molecular formula is C14H18ClNO. The molecule has 1 fully saturated rings. The Balaban J connectivity index is 1.96. The van der Waals surface area contributed by atoms with Crippen LogP contribution in [-0.4, -0.2) is 17.8 Å². The Hall–Kier alpha value is -1.02. The smallest absolute Gasteiger partial charge is 0.251 e. The van der Waals surface area contributed by atoms with Crippen LogP contribution in [0.4, 0.5) is 0 Å². The third kappa shape index (κ3) is 3.22. The van der Waals surface area contributed by atoms with E-state index in [0.29, 0.717) is 12.5 Å². The zero-order valence-corrected chi connectivity index (χ0v) is 11.1. The summed E-state index contributed by atoms with van der Waals surface area (Å²) in [6.45, 7) is 4.51. The van der Waals surface area contributed by atoms with Crippen molar-refractivity contribution in [3.63, 3.8) is 0 Å². The topological polar surface area (TPSA) is 29.1 Å². The molecule has 17 heavy (non-hydrogen) atoms. The predicted octanol–water partition coefficient (Wildman–Crippen LogP) is 3.05. The molecule has 1 aliphatic carbocycles. The molecule has 1 aliphatic rings. The molecule has 1 atom stereocenters. The molecule has 0 heterocycles. The second kappa shape index (κ2) is 5.09. The summed E-state index contributed by atoms with van der Waals surface area (Å²) in [5, 5.41) is 3.00. The zero-order valence-electron chi connectivity index (χ0n) is 10.3. The van der Waals surface area contributed by atoms with Crippen molar-refractivity contribution in [1.82, 2.24) is 5.32 Å². The van der Waals surface area contributed by atoms with Crippen LogP contribution in [0.3, 0.4) is 0 Å². The Morgan fingerprint density at radius 3 is 2.82 bits per heavy atom. The molecule has 2 nitrogen and oxygen atoms in total. The van der Waals surface area contributed by atoms with Gasteiger partial charge in [-0.25, -0.2) is 0 Å². The molecule has 3 heteroatoms. The maximum atomic E-state index is 12.0. The Bertz CT molecular complexity index is 426. The van der Waals surface area contributed by atoms with E-state index in [4.69, 9.17) is 11.6 Å². The third-order valence-electron chi connectivity index (χ3n) is 3.23. The van der Waals surface area contributed by atoms with Crippen molar-refractivity contribution in [2.24, 2.45) is 5.92 Å². The number of amides is 1. The highest BCUT2D eigenvalue weighted by Gasteiger charge is 2.29. The molecule has 1 aromatic rings. The van der Waals surface area contributed by atoms with Crippen LogP contribution in [0.15, 0.2) is 18.2 Å². The summed E-state index contributed by atoms with van der Waals surface area (Å²) in [6, 6.07) is 5.91. The van der Waals surface area contributed by atoms with Crippen molar-refractivity contribution >= 4 is 17.5 Å². The molecule has 0 aliphatic heterocycles. The number of carbonyl (C=O) groups is 1. The molecule has 0 bridgehead atoms.